The van der Waals surface area contributed by atoms with Crippen LogP contribution >= 0.6 is 0 Å². The van der Waals surface area contributed by atoms with Gasteiger partial charge < -0.3 is 15.0 Å². The van der Waals surface area contributed by atoms with Crippen molar-refractivity contribution >= 4 is 5.69 Å². The number of ether oxygens (including phenoxy) is 1. The van der Waals surface area contributed by atoms with Gasteiger partial charge in [-0.05, 0) is 50.3 Å². The molecule has 0 amide bonds. The van der Waals surface area contributed by atoms with E-state index in [1.807, 2.05) is 32.0 Å². The molecule has 20 heavy (non-hydrogen) atoms. The Morgan fingerprint density at radius 2 is 2.25 bits per heavy atom. The Morgan fingerprint density at radius 1 is 1.45 bits per heavy atom. The number of nitrogen functional groups attached to an aromatic ring is 1. The van der Waals surface area contributed by atoms with Crippen molar-refractivity contribution in [1.29, 1.82) is 0 Å². The van der Waals surface area contributed by atoms with Crippen molar-refractivity contribution in [3.63, 3.8) is 0 Å². The van der Waals surface area contributed by atoms with Gasteiger partial charge in [0.15, 0.2) is 0 Å². The summed E-state index contributed by atoms with van der Waals surface area (Å²) in [6, 6.07) is 5.68. The number of nitrogens with zero attached hydrogens (tertiary/aromatic N) is 2. The Labute approximate surface area is 118 Å². The first-order valence-corrected chi connectivity index (χ1v) is 7.00. The molecule has 1 saturated carbocycles. The molecule has 2 aromatic rings. The van der Waals surface area contributed by atoms with Crippen LogP contribution < -0.4 is 5.73 Å². The standard InChI is InChI=1S/C15H19N3O2/c1-3-19-13(10-5-6-10)14-17-15(20-18-14)12-8-11(16)7-4-9(12)2/h4,7-8,10,13H,3,5-6,16H2,1-2H3. The molecule has 1 aliphatic rings. The van der Waals surface area contributed by atoms with E-state index in [-0.39, 0.29) is 6.10 Å². The summed E-state index contributed by atoms with van der Waals surface area (Å²) in [4.78, 5) is 4.50. The third-order valence-corrected chi connectivity index (χ3v) is 3.58. The molecule has 5 heteroatoms. The van der Waals surface area contributed by atoms with Gasteiger partial charge in [-0.2, -0.15) is 4.98 Å². The second kappa shape index (κ2) is 5.25. The normalized spacial score (nSPS) is 16.3. The first-order valence-electron chi connectivity index (χ1n) is 7.00. The first kappa shape index (κ1) is 13.1. The minimum absolute atomic E-state index is 0.0427. The van der Waals surface area contributed by atoms with Crippen molar-refractivity contribution in [1.82, 2.24) is 10.1 Å². The summed E-state index contributed by atoms with van der Waals surface area (Å²) >= 11 is 0. The molecule has 0 spiro atoms. The van der Waals surface area contributed by atoms with Crippen LogP contribution in [0.25, 0.3) is 11.5 Å². The van der Waals surface area contributed by atoms with Crippen molar-refractivity contribution in [2.45, 2.75) is 32.8 Å². The van der Waals surface area contributed by atoms with E-state index in [4.69, 9.17) is 15.0 Å². The monoisotopic (exact) mass is 273 g/mol. The van der Waals surface area contributed by atoms with Gasteiger partial charge in [-0.1, -0.05) is 11.2 Å². The van der Waals surface area contributed by atoms with Crippen LogP contribution in [0.15, 0.2) is 22.7 Å². The van der Waals surface area contributed by atoms with Gasteiger partial charge in [0.05, 0.1) is 0 Å². The molecule has 0 saturated heterocycles. The van der Waals surface area contributed by atoms with Gasteiger partial charge in [0.2, 0.25) is 5.82 Å². The van der Waals surface area contributed by atoms with Crippen molar-refractivity contribution in [2.24, 2.45) is 5.92 Å². The maximum atomic E-state index is 5.82. The zero-order valence-corrected chi connectivity index (χ0v) is 11.8. The molecule has 0 radical (unpaired) electrons. The molecule has 1 aromatic carbocycles. The van der Waals surface area contributed by atoms with E-state index in [0.717, 1.165) is 11.1 Å². The third kappa shape index (κ3) is 2.54. The number of rotatable bonds is 5. The number of hydrogen-bond donors (Lipinski definition) is 1. The van der Waals surface area contributed by atoms with Crippen LogP contribution in [-0.2, 0) is 4.74 Å². The lowest BCUT2D eigenvalue weighted by atomic mass is 10.1. The van der Waals surface area contributed by atoms with Crippen LogP contribution in [0.2, 0.25) is 0 Å². The fourth-order valence-corrected chi connectivity index (χ4v) is 2.33. The van der Waals surface area contributed by atoms with Gasteiger partial charge >= 0.3 is 0 Å². The Morgan fingerprint density at radius 3 is 2.95 bits per heavy atom. The summed E-state index contributed by atoms with van der Waals surface area (Å²) < 4.78 is 11.1. The Bertz CT molecular complexity index is 605. The second-order valence-electron chi connectivity index (χ2n) is 5.25. The fourth-order valence-electron chi connectivity index (χ4n) is 2.33. The largest absolute Gasteiger partial charge is 0.399 e. The molecule has 1 atom stereocenters. The van der Waals surface area contributed by atoms with E-state index in [0.29, 0.717) is 29.9 Å². The van der Waals surface area contributed by atoms with Crippen LogP contribution in [0.3, 0.4) is 0 Å². The molecule has 3 rings (SSSR count). The Kier molecular flexibility index (Phi) is 3.44. The molecule has 1 aliphatic carbocycles. The van der Waals surface area contributed by atoms with E-state index >= 15 is 0 Å². The van der Waals surface area contributed by atoms with Crippen molar-refractivity contribution in [3.05, 3.63) is 29.6 Å². The third-order valence-electron chi connectivity index (χ3n) is 3.58. The smallest absolute Gasteiger partial charge is 0.258 e. The number of aryl methyl sites for hydroxylation is 1. The van der Waals surface area contributed by atoms with E-state index in [2.05, 4.69) is 10.1 Å². The maximum Gasteiger partial charge on any atom is 0.258 e. The predicted octanol–water partition coefficient (Wildman–Crippen LogP) is 3.11. The van der Waals surface area contributed by atoms with E-state index in [1.165, 1.54) is 12.8 Å². The van der Waals surface area contributed by atoms with Crippen LogP contribution in [0, 0.1) is 12.8 Å². The van der Waals surface area contributed by atoms with Crippen molar-refractivity contribution in [2.75, 3.05) is 12.3 Å². The predicted molar refractivity (Wildman–Crippen MR) is 76.0 cm³/mol. The topological polar surface area (TPSA) is 74.2 Å². The highest BCUT2D eigenvalue weighted by Crippen LogP contribution is 2.42. The molecule has 1 fully saturated rings. The minimum atomic E-state index is -0.0427. The van der Waals surface area contributed by atoms with Crippen LogP contribution in [-0.4, -0.2) is 16.7 Å². The molecule has 0 aliphatic heterocycles. The Hall–Kier alpha value is -1.88. The SMILES string of the molecule is CCOC(c1noc(-c2cc(N)ccc2C)n1)C1CC1. The molecule has 1 aromatic heterocycles. The van der Waals surface area contributed by atoms with Gasteiger partial charge in [-0.15, -0.1) is 0 Å². The second-order valence-corrected chi connectivity index (χ2v) is 5.25. The maximum absolute atomic E-state index is 5.82. The first-order chi connectivity index (χ1) is 9.69. The summed E-state index contributed by atoms with van der Waals surface area (Å²) in [5, 5.41) is 4.09. The molecule has 106 valence electrons. The van der Waals surface area contributed by atoms with Gasteiger partial charge in [0.1, 0.15) is 6.10 Å². The van der Waals surface area contributed by atoms with Crippen molar-refractivity contribution < 1.29 is 9.26 Å². The van der Waals surface area contributed by atoms with Crippen LogP contribution in [0.5, 0.6) is 0 Å². The average molecular weight is 273 g/mol. The van der Waals surface area contributed by atoms with Gasteiger partial charge in [-0.3, -0.25) is 0 Å². The average Bonchev–Trinajstić information content (AvgIpc) is 3.16. The highest BCUT2D eigenvalue weighted by atomic mass is 16.5. The summed E-state index contributed by atoms with van der Waals surface area (Å²) in [5.74, 6) is 1.68. The lowest BCUT2D eigenvalue weighted by Gasteiger charge is -2.11. The lowest BCUT2D eigenvalue weighted by Crippen LogP contribution is -2.08. The Balaban J connectivity index is 1.90. The van der Waals surface area contributed by atoms with Crippen LogP contribution in [0.1, 0.15) is 37.3 Å². The quantitative estimate of drug-likeness (QED) is 0.847. The summed E-state index contributed by atoms with van der Waals surface area (Å²) in [6.07, 6.45) is 2.30. The van der Waals surface area contributed by atoms with Gasteiger partial charge in [-0.25, -0.2) is 0 Å². The molecule has 2 N–H and O–H groups in total. The van der Waals surface area contributed by atoms with Gasteiger partial charge in [0, 0.05) is 17.9 Å². The molecule has 0 bridgehead atoms. The summed E-state index contributed by atoms with van der Waals surface area (Å²) in [7, 11) is 0. The fraction of sp³-hybridized carbons (Fsp3) is 0.467. The number of nitrogens with two attached hydrogens (primary N) is 1. The molecular weight excluding hydrogens is 254 g/mol. The lowest BCUT2D eigenvalue weighted by molar-refractivity contribution is 0.0385. The van der Waals surface area contributed by atoms with Crippen molar-refractivity contribution in [3.8, 4) is 11.5 Å². The zero-order valence-electron chi connectivity index (χ0n) is 11.8. The zero-order chi connectivity index (χ0) is 14.1. The highest BCUT2D eigenvalue weighted by molar-refractivity contribution is 5.63. The number of benzene rings is 1. The number of aromatic nitrogens is 2. The molecular formula is C15H19N3O2. The molecule has 5 nitrogen and oxygen atoms in total. The van der Waals surface area contributed by atoms with E-state index in [9.17, 15) is 0 Å². The molecule has 1 heterocycles. The highest BCUT2D eigenvalue weighted by Gasteiger charge is 2.36. The van der Waals surface area contributed by atoms with E-state index < -0.39 is 0 Å². The number of hydrogen-bond acceptors (Lipinski definition) is 5. The van der Waals surface area contributed by atoms with Crippen LogP contribution in [0.4, 0.5) is 5.69 Å². The minimum Gasteiger partial charge on any atom is -0.399 e. The van der Waals surface area contributed by atoms with E-state index in [1.54, 1.807) is 0 Å². The number of anilines is 1. The molecule has 1 unspecified atom stereocenters. The summed E-state index contributed by atoms with van der Waals surface area (Å²) in [5.41, 5.74) is 8.46. The summed E-state index contributed by atoms with van der Waals surface area (Å²) in [6.45, 7) is 4.64. The van der Waals surface area contributed by atoms with Gasteiger partial charge in [0.25, 0.3) is 5.89 Å².